The zero-order chi connectivity index (χ0) is 21.5. The lowest BCUT2D eigenvalue weighted by Gasteiger charge is -2.28. The van der Waals surface area contributed by atoms with Crippen LogP contribution in [0.5, 0.6) is 0 Å². The third-order valence-corrected chi connectivity index (χ3v) is 5.94. The number of rotatable bonds is 7. The van der Waals surface area contributed by atoms with Crippen molar-refractivity contribution in [1.82, 2.24) is 15.3 Å². The second-order valence-corrected chi connectivity index (χ2v) is 8.15. The van der Waals surface area contributed by atoms with Gasteiger partial charge >= 0.3 is 0 Å². The number of morpholine rings is 1. The molecule has 1 aliphatic rings. The SMILES string of the molecule is CCNC(=O)c1ccc(CSc2nc(-c3ccccc3)cc(N3CCOCC3)n2)cc1. The van der Waals surface area contributed by atoms with Crippen LogP contribution in [-0.4, -0.2) is 48.7 Å². The van der Waals surface area contributed by atoms with Crippen molar-refractivity contribution in [2.75, 3.05) is 37.7 Å². The van der Waals surface area contributed by atoms with Crippen molar-refractivity contribution in [2.24, 2.45) is 0 Å². The molecule has 1 amide bonds. The quantitative estimate of drug-likeness (QED) is 0.447. The average molecular weight is 435 g/mol. The maximum atomic E-state index is 11.9. The number of carbonyl (C=O) groups excluding carboxylic acids is 1. The fourth-order valence-electron chi connectivity index (χ4n) is 3.35. The zero-order valence-corrected chi connectivity index (χ0v) is 18.4. The number of amides is 1. The first kappa shape index (κ1) is 21.3. The number of anilines is 1. The van der Waals surface area contributed by atoms with Crippen LogP contribution in [0.15, 0.2) is 65.8 Å². The van der Waals surface area contributed by atoms with Crippen LogP contribution in [0.2, 0.25) is 0 Å². The van der Waals surface area contributed by atoms with Gasteiger partial charge in [0.25, 0.3) is 5.91 Å². The van der Waals surface area contributed by atoms with Gasteiger partial charge in [-0.15, -0.1) is 0 Å². The molecule has 3 aromatic rings. The van der Waals surface area contributed by atoms with Crippen molar-refractivity contribution in [2.45, 2.75) is 17.8 Å². The van der Waals surface area contributed by atoms with Gasteiger partial charge in [0.15, 0.2) is 5.16 Å². The Kier molecular flexibility index (Phi) is 7.17. The minimum Gasteiger partial charge on any atom is -0.378 e. The van der Waals surface area contributed by atoms with E-state index in [2.05, 4.69) is 28.4 Å². The summed E-state index contributed by atoms with van der Waals surface area (Å²) in [4.78, 5) is 23.8. The number of nitrogens with zero attached hydrogens (tertiary/aromatic N) is 3. The van der Waals surface area contributed by atoms with Crippen LogP contribution >= 0.6 is 11.8 Å². The van der Waals surface area contributed by atoms with Gasteiger partial charge in [0.1, 0.15) is 5.82 Å². The normalized spacial score (nSPS) is 13.8. The van der Waals surface area contributed by atoms with Crippen LogP contribution in [-0.2, 0) is 10.5 Å². The maximum Gasteiger partial charge on any atom is 0.251 e. The number of aromatic nitrogens is 2. The van der Waals surface area contributed by atoms with Crippen LogP contribution in [0.3, 0.4) is 0 Å². The smallest absolute Gasteiger partial charge is 0.251 e. The molecule has 4 rings (SSSR count). The third-order valence-electron chi connectivity index (χ3n) is 5.02. The Balaban J connectivity index is 1.53. The topological polar surface area (TPSA) is 67.4 Å². The van der Waals surface area contributed by atoms with E-state index in [1.165, 1.54) is 0 Å². The molecule has 0 saturated carbocycles. The van der Waals surface area contributed by atoms with E-state index < -0.39 is 0 Å². The first-order valence-electron chi connectivity index (χ1n) is 10.5. The number of carbonyl (C=O) groups is 1. The molecule has 1 aliphatic heterocycles. The van der Waals surface area contributed by atoms with Gasteiger partial charge in [0.05, 0.1) is 18.9 Å². The molecule has 2 aromatic carbocycles. The van der Waals surface area contributed by atoms with Crippen LogP contribution in [0.25, 0.3) is 11.3 Å². The second kappa shape index (κ2) is 10.4. The molecule has 0 radical (unpaired) electrons. The molecular weight excluding hydrogens is 408 g/mol. The summed E-state index contributed by atoms with van der Waals surface area (Å²) in [6.45, 7) is 5.62. The molecule has 0 spiro atoms. The molecule has 0 bridgehead atoms. The van der Waals surface area contributed by atoms with Crippen molar-refractivity contribution in [1.29, 1.82) is 0 Å². The molecular formula is C24H26N4O2S. The number of nitrogens with one attached hydrogen (secondary N) is 1. The first-order valence-corrected chi connectivity index (χ1v) is 11.5. The highest BCUT2D eigenvalue weighted by molar-refractivity contribution is 7.98. The monoisotopic (exact) mass is 434 g/mol. The van der Waals surface area contributed by atoms with Gasteiger partial charge in [0.2, 0.25) is 0 Å². The predicted molar refractivity (Wildman–Crippen MR) is 125 cm³/mol. The minimum absolute atomic E-state index is 0.0456. The van der Waals surface area contributed by atoms with Gasteiger partial charge in [0, 0.05) is 42.6 Å². The van der Waals surface area contributed by atoms with Crippen LogP contribution in [0.4, 0.5) is 5.82 Å². The highest BCUT2D eigenvalue weighted by Gasteiger charge is 2.16. The largest absolute Gasteiger partial charge is 0.378 e. The number of thioether (sulfide) groups is 1. The Morgan fingerprint density at radius 1 is 1.06 bits per heavy atom. The molecule has 31 heavy (non-hydrogen) atoms. The van der Waals surface area contributed by atoms with E-state index in [0.29, 0.717) is 25.3 Å². The highest BCUT2D eigenvalue weighted by atomic mass is 32.2. The van der Waals surface area contributed by atoms with Crippen molar-refractivity contribution in [3.05, 3.63) is 71.8 Å². The molecule has 1 aromatic heterocycles. The van der Waals surface area contributed by atoms with Gasteiger partial charge in [-0.1, -0.05) is 54.2 Å². The summed E-state index contributed by atoms with van der Waals surface area (Å²) >= 11 is 1.60. The van der Waals surface area contributed by atoms with E-state index in [1.54, 1.807) is 11.8 Å². The van der Waals surface area contributed by atoms with Crippen LogP contribution in [0.1, 0.15) is 22.8 Å². The molecule has 0 aliphatic carbocycles. The summed E-state index contributed by atoms with van der Waals surface area (Å²) in [6, 6.07) is 20.0. The summed E-state index contributed by atoms with van der Waals surface area (Å²) < 4.78 is 5.49. The molecule has 2 heterocycles. The van der Waals surface area contributed by atoms with E-state index >= 15 is 0 Å². The fourth-order valence-corrected chi connectivity index (χ4v) is 4.16. The summed E-state index contributed by atoms with van der Waals surface area (Å²) in [5, 5.41) is 3.57. The van der Waals surface area contributed by atoms with E-state index in [0.717, 1.165) is 46.6 Å². The lowest BCUT2D eigenvalue weighted by Crippen LogP contribution is -2.36. The first-order chi connectivity index (χ1) is 15.2. The second-order valence-electron chi connectivity index (χ2n) is 7.20. The van der Waals surface area contributed by atoms with Crippen molar-refractivity contribution in [3.8, 4) is 11.3 Å². The van der Waals surface area contributed by atoms with Crippen molar-refractivity contribution < 1.29 is 9.53 Å². The van der Waals surface area contributed by atoms with Gasteiger partial charge < -0.3 is 15.0 Å². The van der Waals surface area contributed by atoms with Crippen molar-refractivity contribution in [3.63, 3.8) is 0 Å². The molecule has 1 N–H and O–H groups in total. The fraction of sp³-hybridized carbons (Fsp3) is 0.292. The molecule has 6 nitrogen and oxygen atoms in total. The Labute approximate surface area is 187 Å². The van der Waals surface area contributed by atoms with Gasteiger partial charge in [-0.25, -0.2) is 9.97 Å². The van der Waals surface area contributed by atoms with Crippen molar-refractivity contribution >= 4 is 23.5 Å². The molecule has 160 valence electrons. The zero-order valence-electron chi connectivity index (χ0n) is 17.6. The highest BCUT2D eigenvalue weighted by Crippen LogP contribution is 2.27. The Morgan fingerprint density at radius 3 is 2.52 bits per heavy atom. The van der Waals surface area contributed by atoms with Crippen LogP contribution < -0.4 is 10.2 Å². The lowest BCUT2D eigenvalue weighted by atomic mass is 10.1. The molecule has 1 saturated heterocycles. The third kappa shape index (κ3) is 5.62. The molecule has 0 atom stereocenters. The Hall–Kier alpha value is -2.90. The maximum absolute atomic E-state index is 11.9. The standard InChI is InChI=1S/C24H26N4O2S/c1-2-25-23(29)20-10-8-18(9-11-20)17-31-24-26-21(19-6-4-3-5-7-19)16-22(27-24)28-12-14-30-15-13-28/h3-11,16H,2,12-15,17H2,1H3,(H,25,29). The van der Waals surface area contributed by atoms with E-state index in [4.69, 9.17) is 14.7 Å². The predicted octanol–water partition coefficient (Wildman–Crippen LogP) is 4.02. The minimum atomic E-state index is -0.0456. The number of benzene rings is 2. The summed E-state index contributed by atoms with van der Waals surface area (Å²) in [5.41, 5.74) is 3.80. The molecule has 1 fully saturated rings. The number of hydrogen-bond donors (Lipinski definition) is 1. The average Bonchev–Trinajstić information content (AvgIpc) is 2.84. The number of hydrogen-bond acceptors (Lipinski definition) is 6. The summed E-state index contributed by atoms with van der Waals surface area (Å²) in [5.74, 6) is 1.62. The van der Waals surface area contributed by atoms with Crippen LogP contribution in [0, 0.1) is 0 Å². The van der Waals surface area contributed by atoms with Gasteiger partial charge in [-0.3, -0.25) is 4.79 Å². The summed E-state index contributed by atoms with van der Waals surface area (Å²) in [7, 11) is 0. The molecule has 7 heteroatoms. The van der Waals surface area contributed by atoms with Gasteiger partial charge in [-0.2, -0.15) is 0 Å². The van der Waals surface area contributed by atoms with E-state index in [1.807, 2.05) is 49.4 Å². The number of ether oxygens (including phenoxy) is 1. The molecule has 0 unspecified atom stereocenters. The Bertz CT molecular complexity index is 1010. The van der Waals surface area contributed by atoms with Gasteiger partial charge in [-0.05, 0) is 24.6 Å². The Morgan fingerprint density at radius 2 is 1.81 bits per heavy atom. The summed E-state index contributed by atoms with van der Waals surface area (Å²) in [6.07, 6.45) is 0. The lowest BCUT2D eigenvalue weighted by molar-refractivity contribution is 0.0956. The van der Waals surface area contributed by atoms with E-state index in [9.17, 15) is 4.79 Å². The van der Waals surface area contributed by atoms with E-state index in [-0.39, 0.29) is 5.91 Å².